The lowest BCUT2D eigenvalue weighted by atomic mass is 9.12. The van der Waals surface area contributed by atoms with E-state index in [-0.39, 0.29) is 18.0 Å². The maximum atomic E-state index is 15.4. The van der Waals surface area contributed by atoms with Gasteiger partial charge in [-0.05, 0) is 12.1 Å². The van der Waals surface area contributed by atoms with Crippen molar-refractivity contribution in [3.8, 4) is 0 Å². The predicted octanol–water partition coefficient (Wildman–Crippen LogP) is 8.76. The van der Waals surface area contributed by atoms with Gasteiger partial charge in [0, 0.05) is 23.8 Å². The number of hydrogen-bond acceptors (Lipinski definition) is 3. The minimum absolute atomic E-state index is 0.0374. The molecule has 0 aliphatic heterocycles. The van der Waals surface area contributed by atoms with Crippen LogP contribution in [0.15, 0.2) is 66.9 Å². The molecule has 67 heavy (non-hydrogen) atoms. The summed E-state index contributed by atoms with van der Waals surface area (Å²) in [4.78, 5) is 23.0. The maximum absolute atomic E-state index is 15.4. The van der Waals surface area contributed by atoms with Gasteiger partial charge in [0.15, 0.2) is 76.0 Å². The highest BCUT2D eigenvalue weighted by molar-refractivity contribution is 7.20. The molecule has 0 aliphatic carbocycles. The topological polar surface area (TPSA) is 64.1 Å². The standard InChI is InChI=1S/C24BF20.C17H13N2O3/c26-5-1(6(27)14(35)21(42)13(5)34)25(2-7(28)15(36)22(43)16(37)8(2)29,3-9(30)17(38)23(44)18(39)10(3)31)4-11(32)19(40)24(45)20(41)12(4)33;20-17(13-6-2-1-3-7-13)12-18-11-5-8-14-15(18)9-4-10-16(14)19(21)22/h;1-11H,12H2/q-1;+1. The zero-order chi connectivity index (χ0) is 49.9. The normalized spacial score (nSPS) is 11.5. The summed E-state index contributed by atoms with van der Waals surface area (Å²) in [5, 5.41) is 11.6. The Morgan fingerprint density at radius 3 is 1.04 bits per heavy atom. The number of halogens is 20. The number of nitro groups is 1. The molecule has 0 unspecified atom stereocenters. The second kappa shape index (κ2) is 18.0. The van der Waals surface area contributed by atoms with E-state index in [4.69, 9.17) is 0 Å². The smallest absolute Gasteiger partial charge is 0.283 e. The molecule has 1 heterocycles. The molecular weight excluding hydrogens is 959 g/mol. The zero-order valence-corrected chi connectivity index (χ0v) is 31.8. The van der Waals surface area contributed by atoms with Crippen LogP contribution < -0.4 is 26.4 Å². The van der Waals surface area contributed by atoms with Crippen LogP contribution in [0.5, 0.6) is 0 Å². The number of carbonyl (C=O) groups is 1. The third-order valence-corrected chi connectivity index (χ3v) is 10.2. The Kier molecular flexibility index (Phi) is 13.2. The van der Waals surface area contributed by atoms with Gasteiger partial charge in [-0.15, -0.1) is 21.9 Å². The Hall–Kier alpha value is -7.54. The molecule has 0 radical (unpaired) electrons. The fourth-order valence-corrected chi connectivity index (χ4v) is 7.33. The Morgan fingerprint density at radius 1 is 0.418 bits per heavy atom. The fraction of sp³-hybridized carbons (Fsp3) is 0.0244. The first kappa shape index (κ1) is 48.9. The largest absolute Gasteiger partial charge is 0.287 e. The number of rotatable bonds is 8. The Labute approximate surface area is 357 Å². The number of pyridine rings is 1. The Balaban J connectivity index is 0.000000279. The average Bonchev–Trinajstić information content (AvgIpc) is 3.31. The van der Waals surface area contributed by atoms with E-state index in [2.05, 4.69) is 0 Å². The van der Waals surface area contributed by atoms with Gasteiger partial charge in [0.2, 0.25) is 17.8 Å². The van der Waals surface area contributed by atoms with Crippen LogP contribution in [0.2, 0.25) is 0 Å². The lowest BCUT2D eigenvalue weighted by Gasteiger charge is -2.44. The van der Waals surface area contributed by atoms with E-state index in [1.54, 1.807) is 47.2 Å². The average molecular weight is 972 g/mol. The molecule has 0 aliphatic rings. The molecule has 0 atom stereocenters. The second-order valence-electron chi connectivity index (χ2n) is 13.7. The molecule has 7 rings (SSSR count). The van der Waals surface area contributed by atoms with Crippen LogP contribution >= 0.6 is 0 Å². The molecule has 5 nitrogen and oxygen atoms in total. The van der Waals surface area contributed by atoms with Crippen molar-refractivity contribution in [2.24, 2.45) is 0 Å². The second-order valence-corrected chi connectivity index (χ2v) is 13.7. The highest BCUT2D eigenvalue weighted by Crippen LogP contribution is 2.31. The number of hydrogen-bond donors (Lipinski definition) is 0. The highest BCUT2D eigenvalue weighted by atomic mass is 19.2. The van der Waals surface area contributed by atoms with E-state index in [0.29, 0.717) is 16.5 Å². The molecule has 26 heteroatoms. The maximum Gasteiger partial charge on any atom is 0.283 e. The predicted molar refractivity (Wildman–Crippen MR) is 191 cm³/mol. The van der Waals surface area contributed by atoms with Crippen molar-refractivity contribution < 1.29 is 102 Å². The first-order valence-corrected chi connectivity index (χ1v) is 17.7. The molecule has 0 fully saturated rings. The van der Waals surface area contributed by atoms with Gasteiger partial charge in [-0.25, -0.2) is 87.8 Å². The molecule has 0 saturated carbocycles. The van der Waals surface area contributed by atoms with Gasteiger partial charge in [-0.3, -0.25) is 14.9 Å². The van der Waals surface area contributed by atoms with Crippen molar-refractivity contribution in [3.05, 3.63) is 199 Å². The molecule has 0 amide bonds. The van der Waals surface area contributed by atoms with Crippen LogP contribution in [0.1, 0.15) is 10.4 Å². The monoisotopic (exact) mass is 972 g/mol. The number of nitro benzene ring substituents is 1. The summed E-state index contributed by atoms with van der Waals surface area (Å²) in [5.74, 6) is -71.4. The van der Waals surface area contributed by atoms with E-state index in [1.807, 2.05) is 18.2 Å². The number of non-ortho nitro benzene ring substituents is 1. The summed E-state index contributed by atoms with van der Waals surface area (Å²) in [6, 6.07) is 17.3. The molecule has 0 bridgehead atoms. The van der Waals surface area contributed by atoms with Crippen LogP contribution in [-0.4, -0.2) is 16.9 Å². The van der Waals surface area contributed by atoms with Crippen LogP contribution in [0.3, 0.4) is 0 Å². The molecule has 6 aromatic carbocycles. The molecule has 348 valence electrons. The number of benzene rings is 6. The molecule has 7 aromatic rings. The minimum atomic E-state index is -7.22. The summed E-state index contributed by atoms with van der Waals surface area (Å²) in [7, 11) is 0. The number of fused-ring (bicyclic) bond motifs is 1. The van der Waals surface area contributed by atoms with E-state index < -0.39 is 149 Å². The zero-order valence-electron chi connectivity index (χ0n) is 31.8. The van der Waals surface area contributed by atoms with Crippen molar-refractivity contribution >= 4 is 50.4 Å². The van der Waals surface area contributed by atoms with Gasteiger partial charge >= 0.3 is 0 Å². The van der Waals surface area contributed by atoms with Crippen molar-refractivity contribution in [1.29, 1.82) is 0 Å². The number of nitrogens with zero attached hydrogens (tertiary/aromatic N) is 2. The Morgan fingerprint density at radius 2 is 0.731 bits per heavy atom. The Bertz CT molecular complexity index is 2850. The van der Waals surface area contributed by atoms with Gasteiger partial charge in [0.25, 0.3) is 5.69 Å². The lowest BCUT2D eigenvalue weighted by Crippen LogP contribution is -2.81. The third-order valence-electron chi connectivity index (χ3n) is 10.2. The van der Waals surface area contributed by atoms with E-state index in [9.17, 15) is 67.6 Å². The number of carbonyl (C=O) groups excluding carboxylic acids is 1. The van der Waals surface area contributed by atoms with Crippen LogP contribution in [0, 0.1) is 126 Å². The van der Waals surface area contributed by atoms with Crippen LogP contribution in [0.4, 0.5) is 93.5 Å². The summed E-state index contributed by atoms with van der Waals surface area (Å²) in [6.45, 7) is 0.141. The quantitative estimate of drug-likeness (QED) is 0.0224. The fourth-order valence-electron chi connectivity index (χ4n) is 7.33. The van der Waals surface area contributed by atoms with E-state index >= 15 is 35.1 Å². The first-order valence-electron chi connectivity index (χ1n) is 17.7. The van der Waals surface area contributed by atoms with Crippen molar-refractivity contribution in [2.75, 3.05) is 0 Å². The molecular formula is C41H13BF20N2O3. The van der Waals surface area contributed by atoms with E-state index in [1.165, 1.54) is 6.07 Å². The molecule has 0 saturated heterocycles. The molecule has 1 aromatic heterocycles. The van der Waals surface area contributed by atoms with Crippen molar-refractivity contribution in [3.63, 3.8) is 0 Å². The van der Waals surface area contributed by atoms with Gasteiger partial charge in [-0.2, -0.15) is 4.57 Å². The minimum Gasteiger partial charge on any atom is -0.287 e. The number of ketones is 1. The molecule has 0 N–H and O–H groups in total. The van der Waals surface area contributed by atoms with Crippen molar-refractivity contribution in [2.45, 2.75) is 6.54 Å². The summed E-state index contributed by atoms with van der Waals surface area (Å²) in [5.41, 5.74) is -13.0. The number of Topliss-reactive ketones (excluding diaryl/α,β-unsaturated/α-hetero) is 1. The third kappa shape index (κ3) is 7.61. The van der Waals surface area contributed by atoms with Gasteiger partial charge in [0.1, 0.15) is 58.1 Å². The van der Waals surface area contributed by atoms with Gasteiger partial charge in [-0.1, -0.05) is 30.3 Å². The lowest BCUT2D eigenvalue weighted by molar-refractivity contribution is -0.657. The van der Waals surface area contributed by atoms with Gasteiger partial charge in [0.05, 0.1) is 4.92 Å². The van der Waals surface area contributed by atoms with Crippen LogP contribution in [-0.2, 0) is 6.54 Å². The van der Waals surface area contributed by atoms with Crippen molar-refractivity contribution in [1.82, 2.24) is 0 Å². The summed E-state index contributed by atoms with van der Waals surface area (Å²) in [6.07, 6.45) is -5.46. The SMILES string of the molecule is Fc1c(F)c(F)c([B-](c2c(F)c(F)c(F)c(F)c2F)(c2c(F)c(F)c(F)c(F)c2F)c2c(F)c(F)c(F)c(F)c2F)c(F)c1F.O=C(C[n+]1cccc2c([N+](=O)[O-])cccc21)c1ccccc1. The first-order chi connectivity index (χ1) is 31.4. The van der Waals surface area contributed by atoms with Crippen LogP contribution in [0.25, 0.3) is 10.9 Å². The van der Waals surface area contributed by atoms with E-state index in [0.717, 1.165) is 0 Å². The highest BCUT2D eigenvalue weighted by Gasteiger charge is 2.52. The summed E-state index contributed by atoms with van der Waals surface area (Å²) >= 11 is 0. The van der Waals surface area contributed by atoms with Gasteiger partial charge < -0.3 is 0 Å². The molecule has 0 spiro atoms. The number of aromatic nitrogens is 1. The summed E-state index contributed by atoms with van der Waals surface area (Å²) < 4.78 is 296.